The lowest BCUT2D eigenvalue weighted by molar-refractivity contribution is -0.128. The van der Waals surface area contributed by atoms with Crippen molar-refractivity contribution in [2.24, 2.45) is 0 Å². The number of hydrogen-bond donors (Lipinski definition) is 1. The molecule has 0 aromatic heterocycles. The summed E-state index contributed by atoms with van der Waals surface area (Å²) in [5.41, 5.74) is 1.55. The molecule has 2 aliphatic heterocycles. The highest BCUT2D eigenvalue weighted by molar-refractivity contribution is 6.10. The van der Waals surface area contributed by atoms with Gasteiger partial charge in [-0.25, -0.2) is 9.18 Å². The van der Waals surface area contributed by atoms with Gasteiger partial charge in [0.1, 0.15) is 17.0 Å². The van der Waals surface area contributed by atoms with E-state index < -0.39 is 22.7 Å². The van der Waals surface area contributed by atoms with Gasteiger partial charge < -0.3 is 19.6 Å². The van der Waals surface area contributed by atoms with Crippen molar-refractivity contribution in [3.05, 3.63) is 58.9 Å². The monoisotopic (exact) mass is 412 g/mol. The Morgan fingerprint density at radius 3 is 2.37 bits per heavy atom. The second-order valence-corrected chi connectivity index (χ2v) is 9.06. The first kappa shape index (κ1) is 20.2. The average molecular weight is 412 g/mol. The topological polar surface area (TPSA) is 70.1 Å². The van der Waals surface area contributed by atoms with Crippen molar-refractivity contribution in [2.45, 2.75) is 38.1 Å². The fraction of sp³-hybridized carbons (Fsp3) is 0.391. The zero-order valence-corrected chi connectivity index (χ0v) is 17.5. The van der Waals surface area contributed by atoms with Gasteiger partial charge in [-0.15, -0.1) is 0 Å². The number of amides is 2. The second kappa shape index (κ2) is 6.72. The Balaban J connectivity index is 1.82. The van der Waals surface area contributed by atoms with E-state index in [0.29, 0.717) is 11.4 Å². The van der Waals surface area contributed by atoms with Crippen LogP contribution >= 0.6 is 0 Å². The molecular formula is C23H25FN2O4. The molecule has 2 aromatic rings. The Morgan fingerprint density at radius 2 is 1.83 bits per heavy atom. The van der Waals surface area contributed by atoms with Crippen LogP contribution in [0.1, 0.15) is 37.5 Å². The summed E-state index contributed by atoms with van der Waals surface area (Å²) in [6.07, 6.45) is -1.05. The molecule has 1 saturated heterocycles. The molecule has 1 fully saturated rings. The third-order valence-electron chi connectivity index (χ3n) is 6.01. The van der Waals surface area contributed by atoms with E-state index in [1.165, 1.54) is 17.0 Å². The Labute approximate surface area is 174 Å². The number of halogens is 1. The molecule has 6 nitrogen and oxygen atoms in total. The number of nitrogens with zero attached hydrogens (tertiary/aromatic N) is 2. The van der Waals surface area contributed by atoms with Gasteiger partial charge >= 0.3 is 6.09 Å². The number of carboxylic acid groups (broad SMARTS) is 1. The molecule has 158 valence electrons. The van der Waals surface area contributed by atoms with Crippen molar-refractivity contribution in [1.29, 1.82) is 0 Å². The van der Waals surface area contributed by atoms with Crippen molar-refractivity contribution in [3.63, 3.8) is 0 Å². The van der Waals surface area contributed by atoms with Crippen molar-refractivity contribution in [2.75, 3.05) is 25.1 Å². The molecule has 0 bridgehead atoms. The first-order chi connectivity index (χ1) is 14.1. The number of hydrogen-bond acceptors (Lipinski definition) is 3. The van der Waals surface area contributed by atoms with E-state index in [1.54, 1.807) is 12.0 Å². The SMILES string of the molecule is COc1ccc(CN2C(=O)C3(CN(C(=O)O)C3)c3c2cc(F)cc3C(C)(C)C)cc1. The third-order valence-corrected chi connectivity index (χ3v) is 6.01. The van der Waals surface area contributed by atoms with E-state index in [1.807, 2.05) is 45.0 Å². The summed E-state index contributed by atoms with van der Waals surface area (Å²) in [6.45, 7) is 6.36. The highest BCUT2D eigenvalue weighted by Crippen LogP contribution is 2.52. The van der Waals surface area contributed by atoms with Gasteiger partial charge in [0.05, 0.1) is 19.3 Å². The predicted octanol–water partition coefficient (Wildman–Crippen LogP) is 3.91. The fourth-order valence-electron chi connectivity index (χ4n) is 4.48. The molecular weight excluding hydrogens is 387 g/mol. The van der Waals surface area contributed by atoms with Gasteiger partial charge in [0.15, 0.2) is 0 Å². The van der Waals surface area contributed by atoms with E-state index in [4.69, 9.17) is 4.74 Å². The maximum Gasteiger partial charge on any atom is 0.407 e. The number of likely N-dealkylation sites (tertiary alicyclic amines) is 1. The minimum atomic E-state index is -1.05. The number of methoxy groups -OCH3 is 1. The van der Waals surface area contributed by atoms with E-state index in [0.717, 1.165) is 16.7 Å². The standard InChI is InChI=1S/C23H25FN2O4/c1-22(2,3)17-9-15(24)10-18-19(17)23(12-25(13-23)21(28)29)20(27)26(18)11-14-5-7-16(30-4)8-6-14/h5-10H,11-13H2,1-4H3,(H,28,29). The Bertz CT molecular complexity index is 1020. The van der Waals surface area contributed by atoms with Crippen LogP contribution in [0.2, 0.25) is 0 Å². The maximum atomic E-state index is 14.6. The molecule has 0 atom stereocenters. The Morgan fingerprint density at radius 1 is 1.20 bits per heavy atom. The molecule has 7 heteroatoms. The predicted molar refractivity (Wildman–Crippen MR) is 111 cm³/mol. The quantitative estimate of drug-likeness (QED) is 0.830. The first-order valence-corrected chi connectivity index (χ1v) is 9.84. The molecule has 30 heavy (non-hydrogen) atoms. The fourth-order valence-corrected chi connectivity index (χ4v) is 4.48. The van der Waals surface area contributed by atoms with Gasteiger partial charge in [0.25, 0.3) is 0 Å². The summed E-state index contributed by atoms with van der Waals surface area (Å²) in [7, 11) is 1.58. The molecule has 1 N–H and O–H groups in total. The number of carbonyl (C=O) groups excluding carboxylic acids is 1. The molecule has 2 aliphatic rings. The van der Waals surface area contributed by atoms with Crippen LogP contribution in [-0.2, 0) is 22.2 Å². The minimum absolute atomic E-state index is 0.0853. The van der Waals surface area contributed by atoms with Gasteiger partial charge in [0, 0.05) is 13.1 Å². The number of rotatable bonds is 3. The number of ether oxygens (including phenoxy) is 1. The number of fused-ring (bicyclic) bond motifs is 2. The second-order valence-electron chi connectivity index (χ2n) is 9.06. The normalized spacial score (nSPS) is 17.2. The smallest absolute Gasteiger partial charge is 0.407 e. The van der Waals surface area contributed by atoms with Crippen molar-refractivity contribution < 1.29 is 23.8 Å². The molecule has 2 aromatic carbocycles. The lowest BCUT2D eigenvalue weighted by Gasteiger charge is -2.46. The molecule has 0 unspecified atom stereocenters. The van der Waals surface area contributed by atoms with Crippen LogP contribution < -0.4 is 9.64 Å². The molecule has 2 heterocycles. The van der Waals surface area contributed by atoms with Crippen LogP contribution in [0.3, 0.4) is 0 Å². The Hall–Kier alpha value is -3.09. The van der Waals surface area contributed by atoms with Gasteiger partial charge in [-0.2, -0.15) is 0 Å². The zero-order valence-electron chi connectivity index (χ0n) is 17.5. The van der Waals surface area contributed by atoms with E-state index in [9.17, 15) is 19.1 Å². The van der Waals surface area contributed by atoms with E-state index >= 15 is 0 Å². The largest absolute Gasteiger partial charge is 0.497 e. The zero-order chi connectivity index (χ0) is 21.8. The van der Waals surface area contributed by atoms with Crippen molar-refractivity contribution in [1.82, 2.24) is 4.90 Å². The lowest BCUT2D eigenvalue weighted by atomic mass is 9.69. The van der Waals surface area contributed by atoms with Crippen LogP contribution in [0.25, 0.3) is 0 Å². The summed E-state index contributed by atoms with van der Waals surface area (Å²) in [5, 5.41) is 9.36. The molecule has 0 saturated carbocycles. The molecule has 1 spiro atoms. The van der Waals surface area contributed by atoms with Crippen molar-refractivity contribution >= 4 is 17.7 Å². The number of carbonyl (C=O) groups is 2. The summed E-state index contributed by atoms with van der Waals surface area (Å²) < 4.78 is 19.8. The van der Waals surface area contributed by atoms with Crippen molar-refractivity contribution in [3.8, 4) is 5.75 Å². The van der Waals surface area contributed by atoms with Gasteiger partial charge in [-0.1, -0.05) is 32.9 Å². The van der Waals surface area contributed by atoms with Gasteiger partial charge in [0.2, 0.25) is 5.91 Å². The number of benzene rings is 2. The maximum absolute atomic E-state index is 14.6. The average Bonchev–Trinajstić information content (AvgIpc) is 2.88. The lowest BCUT2D eigenvalue weighted by Crippen LogP contribution is -2.65. The third kappa shape index (κ3) is 3.00. The number of anilines is 1. The van der Waals surface area contributed by atoms with Gasteiger partial charge in [-0.05, 0) is 46.4 Å². The van der Waals surface area contributed by atoms with Gasteiger partial charge in [-0.3, -0.25) is 4.79 Å². The Kier molecular flexibility index (Phi) is 4.52. The van der Waals surface area contributed by atoms with Crippen LogP contribution in [0.15, 0.2) is 36.4 Å². The minimum Gasteiger partial charge on any atom is -0.497 e. The van der Waals surface area contributed by atoms with Crippen LogP contribution in [0.5, 0.6) is 5.75 Å². The van der Waals surface area contributed by atoms with E-state index in [-0.39, 0.29) is 25.5 Å². The molecule has 0 aliphatic carbocycles. The summed E-state index contributed by atoms with van der Waals surface area (Å²) in [6, 6.07) is 10.2. The van der Waals surface area contributed by atoms with Crippen LogP contribution in [0, 0.1) is 5.82 Å². The summed E-state index contributed by atoms with van der Waals surface area (Å²) >= 11 is 0. The van der Waals surface area contributed by atoms with Crippen LogP contribution in [0.4, 0.5) is 14.9 Å². The molecule has 2 amide bonds. The highest BCUT2D eigenvalue weighted by atomic mass is 19.1. The summed E-state index contributed by atoms with van der Waals surface area (Å²) in [5.74, 6) is 0.125. The van der Waals surface area contributed by atoms with E-state index in [2.05, 4.69) is 0 Å². The molecule has 0 radical (unpaired) electrons. The highest BCUT2D eigenvalue weighted by Gasteiger charge is 2.60. The molecule has 4 rings (SSSR count). The summed E-state index contributed by atoms with van der Waals surface area (Å²) in [4.78, 5) is 27.9. The first-order valence-electron chi connectivity index (χ1n) is 9.84. The van der Waals surface area contributed by atoms with Crippen LogP contribution in [-0.4, -0.2) is 42.2 Å².